The highest BCUT2D eigenvalue weighted by atomic mass is 19.1. The van der Waals surface area contributed by atoms with Gasteiger partial charge >= 0.3 is 7.12 Å². The highest BCUT2D eigenvalue weighted by Crippen LogP contribution is 1.94. The van der Waals surface area contributed by atoms with Gasteiger partial charge < -0.3 is 10.0 Å². The van der Waals surface area contributed by atoms with Crippen LogP contribution in [0.4, 0.5) is 4.39 Å². The van der Waals surface area contributed by atoms with E-state index in [0.717, 1.165) is 12.3 Å². The maximum absolute atomic E-state index is 12.4. The summed E-state index contributed by atoms with van der Waals surface area (Å²) in [7, 11) is -1.87. The van der Waals surface area contributed by atoms with Crippen LogP contribution in [0.15, 0.2) is 12.3 Å². The standard InChI is InChI=1S/C6H4BFN2O2/c8-4-1-5(7(11)12)6(2-9)10-3-4/h1,3,11-12H. The van der Waals surface area contributed by atoms with Crippen molar-refractivity contribution in [2.75, 3.05) is 0 Å². The van der Waals surface area contributed by atoms with Gasteiger partial charge in [-0.1, -0.05) is 0 Å². The number of nitrogens with zero attached hydrogens (tertiary/aromatic N) is 2. The fourth-order valence-corrected chi connectivity index (χ4v) is 0.745. The SMILES string of the molecule is N#Cc1ncc(F)cc1B(O)O. The Balaban J connectivity index is 3.24. The second-order valence-electron chi connectivity index (χ2n) is 2.08. The fourth-order valence-electron chi connectivity index (χ4n) is 0.745. The number of nitriles is 1. The predicted molar refractivity (Wildman–Crippen MR) is 38.7 cm³/mol. The van der Waals surface area contributed by atoms with Crippen LogP contribution in [-0.4, -0.2) is 22.2 Å². The number of hydrogen-bond acceptors (Lipinski definition) is 4. The van der Waals surface area contributed by atoms with E-state index in [1.165, 1.54) is 0 Å². The van der Waals surface area contributed by atoms with Crippen LogP contribution in [0.2, 0.25) is 0 Å². The minimum Gasteiger partial charge on any atom is -0.423 e. The molecule has 1 aromatic heterocycles. The molecule has 0 saturated carbocycles. The van der Waals surface area contributed by atoms with Crippen molar-refractivity contribution in [2.24, 2.45) is 0 Å². The van der Waals surface area contributed by atoms with Crippen molar-refractivity contribution in [1.82, 2.24) is 4.98 Å². The third-order valence-electron chi connectivity index (χ3n) is 1.27. The molecule has 4 nitrogen and oxygen atoms in total. The van der Waals surface area contributed by atoms with E-state index < -0.39 is 12.9 Å². The number of pyridine rings is 1. The zero-order chi connectivity index (χ0) is 9.14. The largest absolute Gasteiger partial charge is 0.491 e. The minimum atomic E-state index is -1.87. The van der Waals surface area contributed by atoms with Crippen LogP contribution in [0.1, 0.15) is 5.69 Å². The summed E-state index contributed by atoms with van der Waals surface area (Å²) in [5, 5.41) is 25.7. The van der Waals surface area contributed by atoms with Gasteiger partial charge in [0.1, 0.15) is 17.6 Å². The van der Waals surface area contributed by atoms with Gasteiger partial charge in [-0.3, -0.25) is 0 Å². The molecular formula is C6H4BFN2O2. The van der Waals surface area contributed by atoms with Crippen LogP contribution in [-0.2, 0) is 0 Å². The third kappa shape index (κ3) is 1.58. The van der Waals surface area contributed by atoms with E-state index >= 15 is 0 Å². The van der Waals surface area contributed by atoms with E-state index in [2.05, 4.69) is 4.98 Å². The first-order valence-corrected chi connectivity index (χ1v) is 3.07. The van der Waals surface area contributed by atoms with Gasteiger partial charge in [0.15, 0.2) is 0 Å². The minimum absolute atomic E-state index is 0.189. The summed E-state index contributed by atoms with van der Waals surface area (Å²) >= 11 is 0. The molecule has 60 valence electrons. The molecule has 0 spiro atoms. The highest BCUT2D eigenvalue weighted by molar-refractivity contribution is 6.59. The molecule has 1 heterocycles. The Morgan fingerprint density at radius 3 is 2.75 bits per heavy atom. The molecule has 2 N–H and O–H groups in total. The number of aromatic nitrogens is 1. The smallest absolute Gasteiger partial charge is 0.423 e. The molecule has 0 amide bonds. The van der Waals surface area contributed by atoms with Crippen LogP contribution < -0.4 is 5.46 Å². The van der Waals surface area contributed by atoms with Gasteiger partial charge in [-0.05, 0) is 6.07 Å². The molecule has 12 heavy (non-hydrogen) atoms. The molecule has 0 aliphatic rings. The van der Waals surface area contributed by atoms with E-state index in [9.17, 15) is 4.39 Å². The lowest BCUT2D eigenvalue weighted by Gasteiger charge is -1.99. The molecule has 0 bridgehead atoms. The second kappa shape index (κ2) is 3.30. The topological polar surface area (TPSA) is 77.1 Å². The molecule has 0 fully saturated rings. The van der Waals surface area contributed by atoms with Gasteiger partial charge in [0.05, 0.1) is 6.20 Å². The summed E-state index contributed by atoms with van der Waals surface area (Å²) in [6.45, 7) is 0. The van der Waals surface area contributed by atoms with Crippen LogP contribution in [0, 0.1) is 17.1 Å². The van der Waals surface area contributed by atoms with Gasteiger partial charge in [-0.15, -0.1) is 0 Å². The highest BCUT2D eigenvalue weighted by Gasteiger charge is 2.17. The van der Waals surface area contributed by atoms with E-state index in [4.69, 9.17) is 15.3 Å². The molecule has 0 aromatic carbocycles. The normalized spacial score (nSPS) is 9.17. The van der Waals surface area contributed by atoms with Crippen LogP contribution in [0.3, 0.4) is 0 Å². The molecule has 0 unspecified atom stereocenters. The molecular weight excluding hydrogens is 162 g/mol. The molecule has 0 aliphatic heterocycles. The lowest BCUT2D eigenvalue weighted by Crippen LogP contribution is -2.33. The molecule has 0 atom stereocenters. The van der Waals surface area contributed by atoms with E-state index in [1.54, 1.807) is 6.07 Å². The quantitative estimate of drug-likeness (QED) is 0.512. The molecule has 0 saturated heterocycles. The van der Waals surface area contributed by atoms with Crippen molar-refractivity contribution in [2.45, 2.75) is 0 Å². The summed E-state index contributed by atoms with van der Waals surface area (Å²) in [4.78, 5) is 3.36. The molecule has 1 aromatic rings. The zero-order valence-electron chi connectivity index (χ0n) is 5.90. The van der Waals surface area contributed by atoms with Crippen LogP contribution in [0.25, 0.3) is 0 Å². The first kappa shape index (κ1) is 8.65. The first-order valence-electron chi connectivity index (χ1n) is 3.07. The molecule has 1 rings (SSSR count). The summed E-state index contributed by atoms with van der Waals surface area (Å²) in [5.74, 6) is -0.711. The van der Waals surface area contributed by atoms with E-state index in [1.807, 2.05) is 0 Å². The molecule has 0 radical (unpaired) electrons. The number of rotatable bonds is 1. The average molecular weight is 166 g/mol. The van der Waals surface area contributed by atoms with Crippen molar-refractivity contribution < 1.29 is 14.4 Å². The Hall–Kier alpha value is -1.45. The van der Waals surface area contributed by atoms with Gasteiger partial charge in [0.25, 0.3) is 0 Å². The van der Waals surface area contributed by atoms with Gasteiger partial charge in [-0.2, -0.15) is 5.26 Å². The second-order valence-corrected chi connectivity index (χ2v) is 2.08. The van der Waals surface area contributed by atoms with E-state index in [0.29, 0.717) is 0 Å². The summed E-state index contributed by atoms with van der Waals surface area (Å²) in [6, 6.07) is 2.46. The zero-order valence-corrected chi connectivity index (χ0v) is 5.90. The van der Waals surface area contributed by atoms with Gasteiger partial charge in [-0.25, -0.2) is 9.37 Å². The Bertz CT molecular complexity index is 337. The lowest BCUT2D eigenvalue weighted by atomic mass is 9.79. The number of hydrogen-bond donors (Lipinski definition) is 2. The monoisotopic (exact) mass is 166 g/mol. The summed E-state index contributed by atoms with van der Waals surface area (Å²) in [5.41, 5.74) is -0.413. The Kier molecular flexibility index (Phi) is 2.38. The van der Waals surface area contributed by atoms with Crippen molar-refractivity contribution in [3.63, 3.8) is 0 Å². The molecule has 0 aliphatic carbocycles. The predicted octanol–water partition coefficient (Wildman–Crippen LogP) is -1.23. The third-order valence-corrected chi connectivity index (χ3v) is 1.27. The van der Waals surface area contributed by atoms with Crippen molar-refractivity contribution in [3.8, 4) is 6.07 Å². The number of halogens is 1. The fraction of sp³-hybridized carbons (Fsp3) is 0. The van der Waals surface area contributed by atoms with Gasteiger partial charge in [0.2, 0.25) is 0 Å². The summed E-state index contributed by atoms with van der Waals surface area (Å²) in [6.07, 6.45) is 0.838. The Morgan fingerprint density at radius 1 is 1.58 bits per heavy atom. The summed E-state index contributed by atoms with van der Waals surface area (Å²) < 4.78 is 12.4. The molecule has 6 heteroatoms. The Labute approximate surface area is 68.1 Å². The Morgan fingerprint density at radius 2 is 2.25 bits per heavy atom. The maximum Gasteiger partial charge on any atom is 0.491 e. The van der Waals surface area contributed by atoms with Crippen molar-refractivity contribution in [1.29, 1.82) is 5.26 Å². The van der Waals surface area contributed by atoms with Gasteiger partial charge in [0, 0.05) is 5.46 Å². The maximum atomic E-state index is 12.4. The van der Waals surface area contributed by atoms with Crippen molar-refractivity contribution >= 4 is 12.6 Å². The van der Waals surface area contributed by atoms with Crippen molar-refractivity contribution in [3.05, 3.63) is 23.8 Å². The average Bonchev–Trinajstić information content (AvgIpc) is 2.04. The van der Waals surface area contributed by atoms with E-state index in [-0.39, 0.29) is 11.2 Å². The first-order chi connectivity index (χ1) is 5.65. The lowest BCUT2D eigenvalue weighted by molar-refractivity contribution is 0.425. The van der Waals surface area contributed by atoms with Crippen LogP contribution >= 0.6 is 0 Å². The van der Waals surface area contributed by atoms with Crippen LogP contribution in [0.5, 0.6) is 0 Å².